The topological polar surface area (TPSA) is 46.2 Å². The lowest BCUT2D eigenvalue weighted by atomic mass is 10.0. The molecule has 114 valence electrons. The van der Waals surface area contributed by atoms with Crippen LogP contribution in [0.15, 0.2) is 26.0 Å². The summed E-state index contributed by atoms with van der Waals surface area (Å²) in [5, 5.41) is 0. The molecule has 3 nitrogen and oxygen atoms in total. The number of halogens is 2. The van der Waals surface area contributed by atoms with E-state index < -0.39 is 10.0 Å². The van der Waals surface area contributed by atoms with Gasteiger partial charge in [0.05, 0.1) is 4.90 Å². The zero-order valence-corrected chi connectivity index (χ0v) is 16.2. The lowest BCUT2D eigenvalue weighted by Crippen LogP contribution is -2.34. The first kappa shape index (κ1) is 18.1. The predicted octanol–water partition coefficient (Wildman–Crippen LogP) is 4.62. The molecule has 0 amide bonds. The Bertz CT molecular complexity index is 573. The van der Waals surface area contributed by atoms with Crippen LogP contribution < -0.4 is 4.72 Å². The van der Waals surface area contributed by atoms with Gasteiger partial charge in [0.2, 0.25) is 10.0 Å². The van der Waals surface area contributed by atoms with Crippen molar-refractivity contribution in [3.8, 4) is 0 Å². The number of rotatable bonds is 6. The molecule has 0 heterocycles. The minimum atomic E-state index is -3.51. The quantitative estimate of drug-likeness (QED) is 0.720. The normalized spacial score (nSPS) is 15.1. The third-order valence-electron chi connectivity index (χ3n) is 3.31. The zero-order chi connectivity index (χ0) is 15.5. The molecular weight excluding hydrogens is 406 g/mol. The molecule has 20 heavy (non-hydrogen) atoms. The highest BCUT2D eigenvalue weighted by Gasteiger charge is 2.22. The average molecular weight is 427 g/mol. The third kappa shape index (κ3) is 4.83. The van der Waals surface area contributed by atoms with Gasteiger partial charge in [-0.2, -0.15) is 0 Å². The number of benzene rings is 1. The molecule has 0 spiro atoms. The summed E-state index contributed by atoms with van der Waals surface area (Å²) in [6, 6.07) is 3.36. The third-order valence-corrected chi connectivity index (χ3v) is 6.71. The molecule has 0 bridgehead atoms. The molecular formula is C14H21Br2NO2S. The second kappa shape index (κ2) is 7.38. The van der Waals surface area contributed by atoms with Crippen LogP contribution in [0.3, 0.4) is 0 Å². The first-order valence-electron chi connectivity index (χ1n) is 6.65. The fourth-order valence-electron chi connectivity index (χ4n) is 1.98. The first-order chi connectivity index (χ1) is 9.17. The van der Waals surface area contributed by atoms with E-state index in [9.17, 15) is 8.42 Å². The van der Waals surface area contributed by atoms with E-state index in [-0.39, 0.29) is 10.9 Å². The average Bonchev–Trinajstić information content (AvgIpc) is 2.32. The van der Waals surface area contributed by atoms with Crippen molar-refractivity contribution in [2.75, 3.05) is 0 Å². The zero-order valence-electron chi connectivity index (χ0n) is 12.2. The minimum absolute atomic E-state index is 0.0815. The van der Waals surface area contributed by atoms with E-state index in [1.54, 1.807) is 12.1 Å². The summed E-state index contributed by atoms with van der Waals surface area (Å²) in [7, 11) is -3.51. The second-order valence-corrected chi connectivity index (χ2v) is 8.69. The Balaban J connectivity index is 2.97. The molecule has 0 fully saturated rings. The summed E-state index contributed by atoms with van der Waals surface area (Å²) in [6.45, 7) is 8.06. The van der Waals surface area contributed by atoms with Gasteiger partial charge in [0.15, 0.2) is 0 Å². The largest absolute Gasteiger partial charge is 0.241 e. The van der Waals surface area contributed by atoms with E-state index in [2.05, 4.69) is 50.4 Å². The Labute approximate surface area is 138 Å². The van der Waals surface area contributed by atoms with Crippen LogP contribution in [-0.4, -0.2) is 14.5 Å². The van der Waals surface area contributed by atoms with Crippen LogP contribution in [0.1, 0.15) is 39.2 Å². The molecule has 0 radical (unpaired) electrons. The van der Waals surface area contributed by atoms with E-state index in [1.165, 1.54) is 0 Å². The van der Waals surface area contributed by atoms with Crippen molar-refractivity contribution in [1.29, 1.82) is 0 Å². The molecule has 0 saturated heterocycles. The minimum Gasteiger partial charge on any atom is -0.208 e. The van der Waals surface area contributed by atoms with Crippen molar-refractivity contribution in [1.82, 2.24) is 4.72 Å². The van der Waals surface area contributed by atoms with E-state index in [0.29, 0.717) is 10.4 Å². The molecule has 2 atom stereocenters. The van der Waals surface area contributed by atoms with E-state index in [0.717, 1.165) is 22.9 Å². The van der Waals surface area contributed by atoms with E-state index in [1.807, 2.05) is 13.8 Å². The molecule has 1 rings (SSSR count). The molecule has 0 aliphatic carbocycles. The Kier molecular flexibility index (Phi) is 6.70. The van der Waals surface area contributed by atoms with Gasteiger partial charge < -0.3 is 0 Å². The highest BCUT2D eigenvalue weighted by molar-refractivity contribution is 9.11. The van der Waals surface area contributed by atoms with Gasteiger partial charge in [0.1, 0.15) is 0 Å². The van der Waals surface area contributed by atoms with Crippen molar-refractivity contribution >= 4 is 41.9 Å². The maximum absolute atomic E-state index is 12.4. The van der Waals surface area contributed by atoms with Crippen LogP contribution in [0.5, 0.6) is 0 Å². The Morgan fingerprint density at radius 1 is 1.20 bits per heavy atom. The van der Waals surface area contributed by atoms with Crippen molar-refractivity contribution in [2.24, 2.45) is 5.92 Å². The first-order valence-corrected chi connectivity index (χ1v) is 9.72. The number of hydrogen-bond acceptors (Lipinski definition) is 2. The van der Waals surface area contributed by atoms with Crippen molar-refractivity contribution in [3.63, 3.8) is 0 Å². The monoisotopic (exact) mass is 425 g/mol. The fraction of sp³-hybridized carbons (Fsp3) is 0.571. The van der Waals surface area contributed by atoms with Crippen LogP contribution >= 0.6 is 31.9 Å². The Morgan fingerprint density at radius 3 is 2.35 bits per heavy atom. The molecule has 0 aliphatic heterocycles. The van der Waals surface area contributed by atoms with Gasteiger partial charge in [-0.15, -0.1) is 0 Å². The maximum atomic E-state index is 12.4. The number of aryl methyl sites for hydroxylation is 1. The number of sulfonamides is 1. The molecule has 6 heteroatoms. The lowest BCUT2D eigenvalue weighted by molar-refractivity contribution is 0.445. The predicted molar refractivity (Wildman–Crippen MR) is 90.4 cm³/mol. The maximum Gasteiger partial charge on any atom is 0.241 e. The summed E-state index contributed by atoms with van der Waals surface area (Å²) < 4.78 is 29.0. The van der Waals surface area contributed by atoms with Crippen molar-refractivity contribution < 1.29 is 8.42 Å². The molecule has 1 N–H and O–H groups in total. The van der Waals surface area contributed by atoms with Crippen molar-refractivity contribution in [2.45, 2.75) is 51.5 Å². The van der Waals surface area contributed by atoms with Gasteiger partial charge in [0, 0.05) is 15.0 Å². The smallest absolute Gasteiger partial charge is 0.208 e. The van der Waals surface area contributed by atoms with E-state index in [4.69, 9.17) is 0 Å². The summed E-state index contributed by atoms with van der Waals surface area (Å²) in [6.07, 6.45) is 1.88. The van der Waals surface area contributed by atoms with Gasteiger partial charge >= 0.3 is 0 Å². The van der Waals surface area contributed by atoms with Crippen LogP contribution in [0.2, 0.25) is 0 Å². The van der Waals surface area contributed by atoms with Gasteiger partial charge in [-0.25, -0.2) is 13.1 Å². The summed E-state index contributed by atoms with van der Waals surface area (Å²) in [5.74, 6) is 0.501. The second-order valence-electron chi connectivity index (χ2n) is 5.30. The fourth-order valence-corrected chi connectivity index (χ4v) is 4.91. The number of nitrogens with one attached hydrogen (secondary N) is 1. The molecule has 1 aromatic rings. The summed E-state index contributed by atoms with van der Waals surface area (Å²) in [5.41, 5.74) is 0.989. The highest BCUT2D eigenvalue weighted by Crippen LogP contribution is 2.29. The number of hydrogen-bond donors (Lipinski definition) is 1. The standard InChI is InChI=1S/C14H21Br2NO2S/c1-5-9(2)6-11(4)17-20(18,19)14-8-12(15)10(3)7-13(14)16/h7-9,11,17H,5-6H2,1-4H3. The Morgan fingerprint density at radius 2 is 1.80 bits per heavy atom. The summed E-state index contributed by atoms with van der Waals surface area (Å²) in [4.78, 5) is 0.269. The molecule has 0 saturated carbocycles. The molecule has 0 aromatic heterocycles. The van der Waals surface area contributed by atoms with Crippen LogP contribution in [-0.2, 0) is 10.0 Å². The van der Waals surface area contributed by atoms with Gasteiger partial charge in [-0.05, 0) is 59.8 Å². The summed E-state index contributed by atoms with van der Waals surface area (Å²) >= 11 is 6.71. The van der Waals surface area contributed by atoms with Crippen LogP contribution in [0.25, 0.3) is 0 Å². The molecule has 1 aromatic carbocycles. The van der Waals surface area contributed by atoms with E-state index >= 15 is 0 Å². The van der Waals surface area contributed by atoms with Crippen molar-refractivity contribution in [3.05, 3.63) is 26.6 Å². The lowest BCUT2D eigenvalue weighted by Gasteiger charge is -2.18. The van der Waals surface area contributed by atoms with Crippen LogP contribution in [0.4, 0.5) is 0 Å². The van der Waals surface area contributed by atoms with Gasteiger partial charge in [-0.1, -0.05) is 36.2 Å². The Hall–Kier alpha value is 0.0900. The highest BCUT2D eigenvalue weighted by atomic mass is 79.9. The SMILES string of the molecule is CCC(C)CC(C)NS(=O)(=O)c1cc(Br)c(C)cc1Br. The molecule has 2 unspecified atom stereocenters. The van der Waals surface area contributed by atoms with Gasteiger partial charge in [-0.3, -0.25) is 0 Å². The van der Waals surface area contributed by atoms with Crippen LogP contribution in [0, 0.1) is 12.8 Å². The van der Waals surface area contributed by atoms with Gasteiger partial charge in [0.25, 0.3) is 0 Å². The molecule has 0 aliphatic rings.